The highest BCUT2D eigenvalue weighted by Gasteiger charge is 2.44. The minimum absolute atomic E-state index is 0.179. The summed E-state index contributed by atoms with van der Waals surface area (Å²) >= 11 is 0.854. The van der Waals surface area contributed by atoms with E-state index in [0.29, 0.717) is 15.2 Å². The number of esters is 1. The van der Waals surface area contributed by atoms with E-state index in [1.807, 2.05) is 6.92 Å². The molecule has 2 atom stereocenters. The van der Waals surface area contributed by atoms with Crippen molar-refractivity contribution in [1.29, 1.82) is 0 Å². The molecule has 23 heavy (non-hydrogen) atoms. The summed E-state index contributed by atoms with van der Waals surface area (Å²) in [6, 6.07) is 0. The van der Waals surface area contributed by atoms with Crippen LogP contribution in [-0.4, -0.2) is 60.7 Å². The molecule has 0 rings (SSSR count). The Kier molecular flexibility index (Phi) is 8.29. The number of hydrogen-bond donors (Lipinski definition) is 0. The molecule has 0 aliphatic heterocycles. The number of carbonyl (C=O) groups excluding carboxylic acids is 2. The van der Waals surface area contributed by atoms with Crippen molar-refractivity contribution in [3.63, 3.8) is 0 Å². The summed E-state index contributed by atoms with van der Waals surface area (Å²) in [5.41, 5.74) is 0. The lowest BCUT2D eigenvalue weighted by molar-refractivity contribution is -0.160. The number of nitrogens with zero attached hydrogens (tertiary/aromatic N) is 2. The van der Waals surface area contributed by atoms with Gasteiger partial charge in [-0.15, -0.1) is 4.08 Å². The molecular formula is C12H25N2O6PS2. The molecule has 2 unspecified atom stereocenters. The Balaban J connectivity index is 5.73. The fourth-order valence-electron chi connectivity index (χ4n) is 1.33. The lowest BCUT2D eigenvalue weighted by Crippen LogP contribution is -2.38. The highest BCUT2D eigenvalue weighted by atomic mass is 32.7. The number of amides is 1. The summed E-state index contributed by atoms with van der Waals surface area (Å²) in [7, 11) is -1.57. The predicted molar refractivity (Wildman–Crippen MR) is 91.6 cm³/mol. The van der Waals surface area contributed by atoms with Crippen molar-refractivity contribution in [3.8, 4) is 0 Å². The van der Waals surface area contributed by atoms with E-state index in [-0.39, 0.29) is 5.25 Å². The van der Waals surface area contributed by atoms with Gasteiger partial charge in [-0.25, -0.2) is 13.2 Å². The fourth-order valence-corrected chi connectivity index (χ4v) is 9.08. The van der Waals surface area contributed by atoms with Gasteiger partial charge < -0.3 is 4.74 Å². The fraction of sp³-hybridized carbons (Fsp3) is 0.833. The second-order valence-electron chi connectivity index (χ2n) is 5.29. The Bertz CT molecular complexity index is 592. The summed E-state index contributed by atoms with van der Waals surface area (Å²) < 4.78 is 43.0. The number of sulfonamides is 1. The molecule has 0 bridgehead atoms. The van der Waals surface area contributed by atoms with E-state index in [1.54, 1.807) is 20.8 Å². The van der Waals surface area contributed by atoms with E-state index in [9.17, 15) is 22.6 Å². The maximum atomic E-state index is 13.3. The zero-order chi connectivity index (χ0) is 18.6. The van der Waals surface area contributed by atoms with Crippen LogP contribution in [-0.2, 0) is 28.9 Å². The summed E-state index contributed by atoms with van der Waals surface area (Å²) in [5, 5.41) is -0.179. The van der Waals surface area contributed by atoms with Gasteiger partial charge in [-0.3, -0.25) is 14.0 Å². The number of hydrogen-bond acceptors (Lipinski definition) is 7. The van der Waals surface area contributed by atoms with Gasteiger partial charge in [0.15, 0.2) is 0 Å². The Morgan fingerprint density at radius 1 is 1.22 bits per heavy atom. The average molecular weight is 388 g/mol. The topological polar surface area (TPSA) is 101 Å². The Labute approximate surface area is 142 Å². The average Bonchev–Trinajstić information content (AvgIpc) is 2.42. The van der Waals surface area contributed by atoms with Crippen molar-refractivity contribution in [3.05, 3.63) is 0 Å². The van der Waals surface area contributed by atoms with Crippen molar-refractivity contribution in [2.75, 3.05) is 20.4 Å². The number of ether oxygens (including phenoxy) is 1. The van der Waals surface area contributed by atoms with Crippen LogP contribution < -0.4 is 0 Å². The number of rotatable bonds is 7. The largest absolute Gasteiger partial charge is 0.456 e. The summed E-state index contributed by atoms with van der Waals surface area (Å²) in [6.45, 7) is 2.84. The molecule has 0 radical (unpaired) electrons. The summed E-state index contributed by atoms with van der Waals surface area (Å²) in [4.78, 5) is 23.9. The lowest BCUT2D eigenvalue weighted by atomic mass is 10.4. The highest BCUT2D eigenvalue weighted by Crippen LogP contribution is 2.65. The quantitative estimate of drug-likeness (QED) is 0.373. The van der Waals surface area contributed by atoms with Crippen molar-refractivity contribution in [2.24, 2.45) is 0 Å². The summed E-state index contributed by atoms with van der Waals surface area (Å²) in [6.07, 6.45) is 0.987. The normalized spacial score (nSPS) is 16.0. The third kappa shape index (κ3) is 6.10. The van der Waals surface area contributed by atoms with Crippen LogP contribution in [0.25, 0.3) is 0 Å². The first-order chi connectivity index (χ1) is 10.3. The van der Waals surface area contributed by atoms with E-state index in [0.717, 1.165) is 31.7 Å². The molecule has 0 aromatic carbocycles. The first-order valence-electron chi connectivity index (χ1n) is 6.99. The Morgan fingerprint density at radius 3 is 2.04 bits per heavy atom. The molecule has 0 N–H and O–H groups in total. The third-order valence-corrected chi connectivity index (χ3v) is 11.7. The van der Waals surface area contributed by atoms with E-state index >= 15 is 0 Å². The van der Waals surface area contributed by atoms with Gasteiger partial charge in [0.25, 0.3) is 0 Å². The predicted octanol–water partition coefficient (Wildman–Crippen LogP) is 1.93. The van der Waals surface area contributed by atoms with Gasteiger partial charge in [0.1, 0.15) is 0 Å². The molecule has 0 fully saturated rings. The zero-order valence-corrected chi connectivity index (χ0v) is 17.0. The SMILES string of the molecule is CCC(C)SP(=O)(N(C)C(=O)C(=O)OC(C)C)N(C)S(C)(=O)=O. The molecule has 1 amide bonds. The monoisotopic (exact) mass is 388 g/mol. The second-order valence-corrected chi connectivity index (χ2v) is 12.8. The van der Waals surface area contributed by atoms with Crippen LogP contribution in [0, 0.1) is 0 Å². The molecule has 8 nitrogen and oxygen atoms in total. The van der Waals surface area contributed by atoms with Crippen molar-refractivity contribution < 1.29 is 27.3 Å². The summed E-state index contributed by atoms with van der Waals surface area (Å²) in [5.74, 6) is -2.32. The van der Waals surface area contributed by atoms with Crippen LogP contribution in [0.4, 0.5) is 0 Å². The molecule has 0 saturated heterocycles. The van der Waals surface area contributed by atoms with Gasteiger partial charge in [-0.2, -0.15) is 0 Å². The van der Waals surface area contributed by atoms with Crippen LogP contribution in [0.3, 0.4) is 0 Å². The highest BCUT2D eigenvalue weighted by molar-refractivity contribution is 8.58. The number of likely N-dealkylation sites (N-methyl/N-ethyl adjacent to an activating group) is 1. The molecule has 0 aromatic rings. The molecule has 0 aliphatic carbocycles. The minimum atomic E-state index is -3.90. The molecule has 0 saturated carbocycles. The van der Waals surface area contributed by atoms with E-state index in [2.05, 4.69) is 0 Å². The molecule has 136 valence electrons. The van der Waals surface area contributed by atoms with Gasteiger partial charge in [-0.1, -0.05) is 25.2 Å². The van der Waals surface area contributed by atoms with E-state index in [4.69, 9.17) is 4.74 Å². The first-order valence-corrected chi connectivity index (χ1v) is 11.9. The van der Waals surface area contributed by atoms with Gasteiger partial charge in [0, 0.05) is 19.3 Å². The van der Waals surface area contributed by atoms with Gasteiger partial charge >= 0.3 is 18.5 Å². The second kappa shape index (κ2) is 8.50. The van der Waals surface area contributed by atoms with Crippen molar-refractivity contribution in [1.82, 2.24) is 8.75 Å². The van der Waals surface area contributed by atoms with Gasteiger partial charge in [0.2, 0.25) is 10.0 Å². The minimum Gasteiger partial charge on any atom is -0.456 e. The molecular weight excluding hydrogens is 363 g/mol. The van der Waals surface area contributed by atoms with E-state index in [1.165, 1.54) is 0 Å². The molecule has 0 aromatic heterocycles. The van der Waals surface area contributed by atoms with Crippen LogP contribution in [0.5, 0.6) is 0 Å². The van der Waals surface area contributed by atoms with Crippen LogP contribution in [0.1, 0.15) is 34.1 Å². The molecule has 0 spiro atoms. The van der Waals surface area contributed by atoms with Crippen molar-refractivity contribution in [2.45, 2.75) is 45.5 Å². The van der Waals surface area contributed by atoms with Crippen LogP contribution in [0.2, 0.25) is 0 Å². The van der Waals surface area contributed by atoms with Crippen LogP contribution >= 0.6 is 18.0 Å². The Hall–Kier alpha value is -0.570. The smallest absolute Gasteiger partial charge is 0.397 e. The zero-order valence-electron chi connectivity index (χ0n) is 14.5. The van der Waals surface area contributed by atoms with Crippen molar-refractivity contribution >= 4 is 39.9 Å². The maximum Gasteiger partial charge on any atom is 0.397 e. The Morgan fingerprint density at radius 2 is 1.70 bits per heavy atom. The van der Waals surface area contributed by atoms with Gasteiger partial charge in [-0.05, 0) is 20.3 Å². The first kappa shape index (κ1) is 22.4. The standard InChI is InChI=1S/C12H25N2O6PS2/c1-8-10(4)22-21(17,14(6)23(7,18)19)13(5)11(15)12(16)20-9(2)3/h9-10H,8H2,1-7H3. The van der Waals surface area contributed by atoms with E-state index < -0.39 is 34.6 Å². The maximum absolute atomic E-state index is 13.3. The molecule has 11 heteroatoms. The molecule has 0 heterocycles. The molecule has 0 aliphatic rings. The number of carbonyl (C=O) groups is 2. The van der Waals surface area contributed by atoms with Crippen LogP contribution in [0.15, 0.2) is 0 Å². The third-order valence-electron chi connectivity index (χ3n) is 2.92. The van der Waals surface area contributed by atoms with Gasteiger partial charge in [0.05, 0.1) is 12.4 Å². The lowest BCUT2D eigenvalue weighted by Gasteiger charge is -2.33.